The van der Waals surface area contributed by atoms with Crippen LogP contribution in [0.2, 0.25) is 0 Å². The van der Waals surface area contributed by atoms with Gasteiger partial charge in [0, 0.05) is 21.8 Å². The molecule has 4 nitrogen and oxygen atoms in total. The lowest BCUT2D eigenvalue weighted by atomic mass is 9.98. The zero-order chi connectivity index (χ0) is 15.4. The maximum absolute atomic E-state index is 11.1. The monoisotopic (exact) mass is 302 g/mol. The number of aryl methyl sites for hydroxylation is 2. The molecule has 0 bridgehead atoms. The Morgan fingerprint density at radius 2 is 1.76 bits per heavy atom. The fourth-order valence-corrected chi connectivity index (χ4v) is 3.05. The molecule has 0 amide bonds. The lowest BCUT2D eigenvalue weighted by Crippen LogP contribution is -2.14. The molecule has 2 aromatic rings. The van der Waals surface area contributed by atoms with Crippen molar-refractivity contribution in [1.29, 1.82) is 0 Å². The molecular formula is C16H18N2O2S. The summed E-state index contributed by atoms with van der Waals surface area (Å²) >= 11 is 1.67. The molecule has 1 N–H and O–H groups in total. The molecule has 0 saturated heterocycles. The third kappa shape index (κ3) is 3.82. The second-order valence-electron chi connectivity index (χ2n) is 4.89. The highest BCUT2D eigenvalue weighted by atomic mass is 32.2. The molecule has 1 unspecified atom stereocenters. The topological polar surface area (TPSA) is 63.1 Å². The van der Waals surface area contributed by atoms with Gasteiger partial charge in [0.2, 0.25) is 0 Å². The van der Waals surface area contributed by atoms with Gasteiger partial charge in [-0.1, -0.05) is 18.2 Å². The van der Waals surface area contributed by atoms with Crippen molar-refractivity contribution >= 4 is 17.7 Å². The summed E-state index contributed by atoms with van der Waals surface area (Å²) in [5, 5.41) is 9.15. The Kier molecular flexibility index (Phi) is 4.96. The fraction of sp³-hybridized carbons (Fsp3) is 0.312. The van der Waals surface area contributed by atoms with Crippen LogP contribution in [0.25, 0.3) is 0 Å². The molecule has 1 aromatic carbocycles. The normalized spacial score (nSPS) is 12.1. The molecule has 1 atom stereocenters. The number of hydrogen-bond acceptors (Lipinski definition) is 4. The van der Waals surface area contributed by atoms with Crippen molar-refractivity contribution in [3.05, 3.63) is 53.1 Å². The second kappa shape index (κ2) is 6.72. The van der Waals surface area contributed by atoms with E-state index in [0.717, 1.165) is 22.8 Å². The highest BCUT2D eigenvalue weighted by Gasteiger charge is 2.20. The molecule has 0 saturated carbocycles. The molecule has 0 aliphatic rings. The Morgan fingerprint density at radius 3 is 2.29 bits per heavy atom. The first-order valence-electron chi connectivity index (χ1n) is 6.73. The van der Waals surface area contributed by atoms with E-state index in [0.29, 0.717) is 5.75 Å². The molecule has 2 rings (SSSR count). The summed E-state index contributed by atoms with van der Waals surface area (Å²) in [5.74, 6) is -0.0230. The molecule has 1 heterocycles. The maximum Gasteiger partial charge on any atom is 0.310 e. The van der Waals surface area contributed by atoms with E-state index in [-0.39, 0.29) is 0 Å². The first-order chi connectivity index (χ1) is 9.99. The number of rotatable bonds is 5. The van der Waals surface area contributed by atoms with E-state index in [1.165, 1.54) is 4.90 Å². The van der Waals surface area contributed by atoms with Crippen LogP contribution in [0.5, 0.6) is 0 Å². The van der Waals surface area contributed by atoms with Gasteiger partial charge >= 0.3 is 5.97 Å². The van der Waals surface area contributed by atoms with Gasteiger partial charge in [0.05, 0.1) is 11.7 Å². The summed E-state index contributed by atoms with van der Waals surface area (Å²) in [6.45, 7) is 5.36. The molecule has 0 fully saturated rings. The zero-order valence-corrected chi connectivity index (χ0v) is 13.1. The quantitative estimate of drug-likeness (QED) is 0.855. The van der Waals surface area contributed by atoms with E-state index in [1.54, 1.807) is 18.7 Å². The molecule has 0 aliphatic carbocycles. The standard InChI is InChI=1S/C16H18N2O2S/c1-10(16(19)20)15-11(2)17-14(18-12(15)3)9-21-13-7-5-4-6-8-13/h4-8,10H,9H2,1-3H3,(H,19,20). The van der Waals surface area contributed by atoms with Crippen LogP contribution >= 0.6 is 11.8 Å². The molecule has 110 valence electrons. The smallest absolute Gasteiger partial charge is 0.310 e. The first-order valence-corrected chi connectivity index (χ1v) is 7.72. The fourth-order valence-electron chi connectivity index (χ4n) is 2.27. The van der Waals surface area contributed by atoms with Gasteiger partial charge in [0.15, 0.2) is 0 Å². The number of nitrogens with zero attached hydrogens (tertiary/aromatic N) is 2. The number of carboxylic acid groups (broad SMARTS) is 1. The van der Waals surface area contributed by atoms with Crippen molar-refractivity contribution in [3.63, 3.8) is 0 Å². The Labute approximate surface area is 128 Å². The summed E-state index contributed by atoms with van der Waals surface area (Å²) in [6, 6.07) is 10.1. The van der Waals surface area contributed by atoms with E-state index in [4.69, 9.17) is 5.11 Å². The van der Waals surface area contributed by atoms with E-state index in [2.05, 4.69) is 9.97 Å². The zero-order valence-electron chi connectivity index (χ0n) is 12.3. The largest absolute Gasteiger partial charge is 0.481 e. The number of aliphatic carboxylic acids is 1. The van der Waals surface area contributed by atoms with Crippen molar-refractivity contribution in [1.82, 2.24) is 9.97 Å². The Morgan fingerprint density at radius 1 is 1.19 bits per heavy atom. The predicted octanol–water partition coefficient (Wildman–Crippen LogP) is 3.57. The minimum atomic E-state index is -0.851. The number of carbonyl (C=O) groups is 1. The number of thioether (sulfide) groups is 1. The molecule has 21 heavy (non-hydrogen) atoms. The lowest BCUT2D eigenvalue weighted by Gasteiger charge is -2.14. The minimum absolute atomic E-state index is 0.583. The number of benzene rings is 1. The van der Waals surface area contributed by atoms with Crippen LogP contribution in [0.1, 0.15) is 35.6 Å². The first kappa shape index (κ1) is 15.5. The molecular weight excluding hydrogens is 284 g/mol. The van der Waals surface area contributed by atoms with Crippen molar-refractivity contribution in [3.8, 4) is 0 Å². The lowest BCUT2D eigenvalue weighted by molar-refractivity contribution is -0.138. The van der Waals surface area contributed by atoms with Crippen LogP contribution < -0.4 is 0 Å². The van der Waals surface area contributed by atoms with Crippen molar-refractivity contribution in [2.75, 3.05) is 0 Å². The van der Waals surface area contributed by atoms with Crippen LogP contribution in [-0.2, 0) is 10.5 Å². The van der Waals surface area contributed by atoms with Crippen LogP contribution in [0.4, 0.5) is 0 Å². The summed E-state index contributed by atoms with van der Waals surface area (Å²) < 4.78 is 0. The highest BCUT2D eigenvalue weighted by molar-refractivity contribution is 7.98. The Balaban J connectivity index is 2.18. The highest BCUT2D eigenvalue weighted by Crippen LogP contribution is 2.25. The molecule has 0 spiro atoms. The SMILES string of the molecule is Cc1nc(CSc2ccccc2)nc(C)c1C(C)C(=O)O. The van der Waals surface area contributed by atoms with Crippen LogP contribution in [-0.4, -0.2) is 21.0 Å². The number of carboxylic acids is 1. The third-order valence-corrected chi connectivity index (χ3v) is 4.30. The summed E-state index contributed by atoms with van der Waals surface area (Å²) in [4.78, 5) is 21.2. The van der Waals surface area contributed by atoms with Crippen molar-refractivity contribution in [2.24, 2.45) is 0 Å². The third-order valence-electron chi connectivity index (χ3n) is 3.29. The van der Waals surface area contributed by atoms with Crippen molar-refractivity contribution in [2.45, 2.75) is 37.3 Å². The van der Waals surface area contributed by atoms with Gasteiger partial charge in [0.1, 0.15) is 5.82 Å². The Hall–Kier alpha value is -1.88. The average Bonchev–Trinajstić information content (AvgIpc) is 2.45. The maximum atomic E-state index is 11.1. The van der Waals surface area contributed by atoms with Gasteiger partial charge in [-0.05, 0) is 32.9 Å². The molecule has 1 aromatic heterocycles. The summed E-state index contributed by atoms with van der Waals surface area (Å²) in [7, 11) is 0. The van der Waals surface area contributed by atoms with Gasteiger partial charge in [-0.2, -0.15) is 0 Å². The van der Waals surface area contributed by atoms with Crippen molar-refractivity contribution < 1.29 is 9.90 Å². The summed E-state index contributed by atoms with van der Waals surface area (Å²) in [6.07, 6.45) is 0. The van der Waals surface area contributed by atoms with Crippen LogP contribution in [0.15, 0.2) is 35.2 Å². The Bertz CT molecular complexity index is 621. The minimum Gasteiger partial charge on any atom is -0.481 e. The molecule has 5 heteroatoms. The van der Waals surface area contributed by atoms with E-state index < -0.39 is 11.9 Å². The second-order valence-corrected chi connectivity index (χ2v) is 5.93. The van der Waals surface area contributed by atoms with E-state index in [9.17, 15) is 4.79 Å². The van der Waals surface area contributed by atoms with Gasteiger partial charge in [-0.3, -0.25) is 4.79 Å². The van der Waals surface area contributed by atoms with Crippen LogP contribution in [0.3, 0.4) is 0 Å². The summed E-state index contributed by atoms with van der Waals surface area (Å²) in [5.41, 5.74) is 2.22. The van der Waals surface area contributed by atoms with Gasteiger partial charge in [-0.25, -0.2) is 9.97 Å². The molecule has 0 aliphatic heterocycles. The van der Waals surface area contributed by atoms with E-state index in [1.807, 2.05) is 44.2 Å². The number of aromatic nitrogens is 2. The number of hydrogen-bond donors (Lipinski definition) is 1. The van der Waals surface area contributed by atoms with Gasteiger partial charge in [0.25, 0.3) is 0 Å². The van der Waals surface area contributed by atoms with Gasteiger partial charge < -0.3 is 5.11 Å². The van der Waals surface area contributed by atoms with Crippen LogP contribution in [0, 0.1) is 13.8 Å². The van der Waals surface area contributed by atoms with Gasteiger partial charge in [-0.15, -0.1) is 11.8 Å². The predicted molar refractivity (Wildman–Crippen MR) is 83.6 cm³/mol. The average molecular weight is 302 g/mol. The van der Waals surface area contributed by atoms with E-state index >= 15 is 0 Å². The molecule has 0 radical (unpaired) electrons.